The number of nitrogens with zero attached hydrogens (tertiary/aromatic N) is 2. The van der Waals surface area contributed by atoms with Crippen molar-refractivity contribution < 1.29 is 18.7 Å². The molecular formula is C37H46N2O2+2. The van der Waals surface area contributed by atoms with Gasteiger partial charge in [0.1, 0.15) is 13.1 Å². The molecule has 0 spiro atoms. The fourth-order valence-electron chi connectivity index (χ4n) is 5.03. The molecule has 0 aliphatic carbocycles. The maximum Gasteiger partial charge on any atom is 0.193 e. The summed E-state index contributed by atoms with van der Waals surface area (Å²) in [6, 6.07) is 26.6. The highest BCUT2D eigenvalue weighted by atomic mass is 16.1. The van der Waals surface area contributed by atoms with Crippen molar-refractivity contribution >= 4 is 11.6 Å². The lowest BCUT2D eigenvalue weighted by molar-refractivity contribution is -0.697. The highest BCUT2D eigenvalue weighted by Crippen LogP contribution is 2.12. The van der Waals surface area contributed by atoms with E-state index in [0.29, 0.717) is 0 Å². The van der Waals surface area contributed by atoms with Gasteiger partial charge in [0.15, 0.2) is 36.4 Å². The molecule has 4 nitrogen and oxygen atoms in total. The van der Waals surface area contributed by atoms with Crippen LogP contribution in [0.3, 0.4) is 0 Å². The fraction of sp³-hybridized carbons (Fsp3) is 0.351. The molecule has 4 aromatic rings. The Kier molecular flexibility index (Phi) is 13.6. The number of unbranched alkanes of at least 4 members (excludes halogenated alkanes) is 9. The third-order valence-corrected chi connectivity index (χ3v) is 7.46. The molecule has 0 saturated carbocycles. The van der Waals surface area contributed by atoms with Crippen molar-refractivity contribution in [3.8, 4) is 0 Å². The molecule has 2 heterocycles. The number of aryl methyl sites for hydroxylation is 2. The summed E-state index contributed by atoms with van der Waals surface area (Å²) >= 11 is 0. The summed E-state index contributed by atoms with van der Waals surface area (Å²) < 4.78 is 4.36. The summed E-state index contributed by atoms with van der Waals surface area (Å²) in [5, 5.41) is 0. The molecule has 214 valence electrons. The molecule has 0 radical (unpaired) electrons. The van der Waals surface area contributed by atoms with Crippen LogP contribution in [0.25, 0.3) is 0 Å². The molecule has 0 amide bonds. The lowest BCUT2D eigenvalue weighted by Crippen LogP contribution is -2.32. The molecular weight excluding hydrogens is 504 g/mol. The van der Waals surface area contributed by atoms with Crippen molar-refractivity contribution in [1.82, 2.24) is 0 Å². The molecule has 0 bridgehead atoms. The van der Waals surface area contributed by atoms with Crippen molar-refractivity contribution in [3.63, 3.8) is 0 Å². The average molecular weight is 551 g/mol. The second-order valence-electron chi connectivity index (χ2n) is 10.6. The Bertz CT molecular complexity index is 1200. The number of pyridine rings is 2. The van der Waals surface area contributed by atoms with E-state index in [0.717, 1.165) is 35.3 Å². The smallest absolute Gasteiger partial charge is 0.193 e. The average Bonchev–Trinajstić information content (AvgIpc) is 3.02. The van der Waals surface area contributed by atoms with Crippen LogP contribution in [0.4, 0.5) is 0 Å². The Labute approximate surface area is 246 Å². The van der Waals surface area contributed by atoms with E-state index in [1.165, 1.54) is 64.2 Å². The normalized spacial score (nSPS) is 10.6. The lowest BCUT2D eigenvalue weighted by Gasteiger charge is -2.03. The first-order valence-corrected chi connectivity index (χ1v) is 14.9. The summed E-state index contributed by atoms with van der Waals surface area (Å²) in [7, 11) is 0. The highest BCUT2D eigenvalue weighted by molar-refractivity contribution is 6.09. The minimum Gasteiger partial charge on any atom is -0.289 e. The van der Waals surface area contributed by atoms with Crippen LogP contribution in [0.5, 0.6) is 0 Å². The second-order valence-corrected chi connectivity index (χ2v) is 10.6. The zero-order valence-electron chi connectivity index (χ0n) is 23.6. The zero-order valence-corrected chi connectivity index (χ0v) is 23.6. The fourth-order valence-corrected chi connectivity index (χ4v) is 5.03. The van der Waals surface area contributed by atoms with Crippen molar-refractivity contribution in [3.05, 3.63) is 132 Å². The molecule has 0 atom stereocenters. The van der Waals surface area contributed by atoms with Crippen molar-refractivity contribution in [2.45, 2.75) is 84.7 Å². The first-order chi connectivity index (χ1) is 19.7. The Morgan fingerprint density at radius 2 is 0.659 bits per heavy atom. The first-order valence-electron chi connectivity index (χ1n) is 14.9. The quantitative estimate of drug-likeness (QED) is 0.0760. The number of carbonyl (C=O) groups is 2. The minimum atomic E-state index is 0. The number of hydrogen-bond donors (Lipinski definition) is 0. The van der Waals surface area contributed by atoms with Crippen molar-refractivity contribution in [1.29, 1.82) is 0 Å². The Morgan fingerprint density at radius 1 is 0.390 bits per heavy atom. The number of hydrogen-bond acceptors (Lipinski definition) is 2. The predicted octanol–water partition coefficient (Wildman–Crippen LogP) is 7.96. The summed E-state index contributed by atoms with van der Waals surface area (Å²) in [4.78, 5) is 25.0. The van der Waals surface area contributed by atoms with Gasteiger partial charge in [-0.25, -0.2) is 9.13 Å². The van der Waals surface area contributed by atoms with Gasteiger partial charge in [-0.15, -0.1) is 0 Å². The lowest BCUT2D eigenvalue weighted by atomic mass is 10.0. The number of carbonyl (C=O) groups excluding carboxylic acids is 2. The van der Waals surface area contributed by atoms with Gasteiger partial charge >= 0.3 is 0 Å². The van der Waals surface area contributed by atoms with E-state index in [2.05, 4.69) is 9.13 Å². The van der Waals surface area contributed by atoms with E-state index >= 15 is 0 Å². The van der Waals surface area contributed by atoms with Gasteiger partial charge in [-0.3, -0.25) is 9.59 Å². The largest absolute Gasteiger partial charge is 0.289 e. The maximum atomic E-state index is 12.5. The van der Waals surface area contributed by atoms with Crippen LogP contribution in [-0.4, -0.2) is 11.6 Å². The molecule has 0 unspecified atom stereocenters. The van der Waals surface area contributed by atoms with E-state index in [4.69, 9.17) is 0 Å². The van der Waals surface area contributed by atoms with Crippen LogP contribution in [0, 0.1) is 0 Å². The number of ketones is 2. The number of aromatic nitrogens is 2. The Hall–Kier alpha value is -3.92. The Morgan fingerprint density at radius 3 is 0.976 bits per heavy atom. The number of benzene rings is 2. The van der Waals surface area contributed by atoms with E-state index in [-0.39, 0.29) is 19.0 Å². The molecule has 0 saturated heterocycles. The van der Waals surface area contributed by atoms with Gasteiger partial charge in [0.2, 0.25) is 0 Å². The maximum absolute atomic E-state index is 12.5. The second kappa shape index (κ2) is 17.7. The summed E-state index contributed by atoms with van der Waals surface area (Å²) in [5.41, 5.74) is 2.96. The van der Waals surface area contributed by atoms with Gasteiger partial charge in [0.25, 0.3) is 0 Å². The van der Waals surface area contributed by atoms with Crippen molar-refractivity contribution in [2.75, 3.05) is 0 Å². The Balaban J connectivity index is 0.00000462. The molecule has 2 aromatic carbocycles. The van der Waals surface area contributed by atoms with E-state index in [1.807, 2.05) is 110 Å². The van der Waals surface area contributed by atoms with Gasteiger partial charge < -0.3 is 0 Å². The number of rotatable bonds is 17. The third kappa shape index (κ3) is 10.5. The topological polar surface area (TPSA) is 41.9 Å². The van der Waals surface area contributed by atoms with Crippen LogP contribution < -0.4 is 9.13 Å². The van der Waals surface area contributed by atoms with Gasteiger partial charge in [-0.1, -0.05) is 107 Å². The molecule has 0 aliphatic heterocycles. The molecule has 0 N–H and O–H groups in total. The van der Waals surface area contributed by atoms with E-state index < -0.39 is 0 Å². The van der Waals surface area contributed by atoms with E-state index in [9.17, 15) is 9.59 Å². The van der Waals surface area contributed by atoms with Gasteiger partial charge in [0.05, 0.1) is 0 Å². The zero-order chi connectivity index (χ0) is 27.8. The van der Waals surface area contributed by atoms with Crippen LogP contribution >= 0.6 is 0 Å². The van der Waals surface area contributed by atoms with Crippen LogP contribution in [-0.2, 0) is 13.1 Å². The molecule has 41 heavy (non-hydrogen) atoms. The molecule has 4 heteroatoms. The predicted molar refractivity (Wildman–Crippen MR) is 166 cm³/mol. The van der Waals surface area contributed by atoms with Gasteiger partial charge in [0, 0.05) is 59.4 Å². The SMILES string of the molecule is C.O=C(c1ccccc1)c1cc[n+](CCCCCCCCCCCC[n+]2ccc(C(=O)c3ccccc3)cc2)cc1. The minimum absolute atomic E-state index is 0. The van der Waals surface area contributed by atoms with Gasteiger partial charge in [-0.2, -0.15) is 0 Å². The van der Waals surface area contributed by atoms with Gasteiger partial charge in [-0.05, 0) is 12.8 Å². The molecule has 4 rings (SSSR count). The third-order valence-electron chi connectivity index (χ3n) is 7.46. The van der Waals surface area contributed by atoms with Crippen molar-refractivity contribution in [2.24, 2.45) is 0 Å². The summed E-state index contributed by atoms with van der Waals surface area (Å²) in [6.07, 6.45) is 20.8. The standard InChI is InChI=1S/C36H42N2O2.CH4/c39-35(31-17-11-9-12-18-31)33-21-27-37(28-22-33)25-15-7-5-3-1-2-4-6-8-16-26-38-29-23-34(24-30-38)36(40)32-19-13-10-14-20-32;/h9-14,17-24,27-30H,1-8,15-16,25-26H2;1H4/q+2;. The van der Waals surface area contributed by atoms with E-state index in [1.54, 1.807) is 0 Å². The molecule has 2 aromatic heterocycles. The summed E-state index contributed by atoms with van der Waals surface area (Å²) in [5.74, 6) is 0.157. The first kappa shape index (κ1) is 31.6. The monoisotopic (exact) mass is 550 g/mol. The molecule has 0 fully saturated rings. The summed E-state index contributed by atoms with van der Waals surface area (Å²) in [6.45, 7) is 2.01. The van der Waals surface area contributed by atoms with Crippen LogP contribution in [0.2, 0.25) is 0 Å². The van der Waals surface area contributed by atoms with Crippen LogP contribution in [0.1, 0.15) is 103 Å². The molecule has 0 aliphatic rings. The highest BCUT2D eigenvalue weighted by Gasteiger charge is 2.11. The van der Waals surface area contributed by atoms with Crippen LogP contribution in [0.15, 0.2) is 110 Å².